The fourth-order valence-electron chi connectivity index (χ4n) is 0.957. The summed E-state index contributed by atoms with van der Waals surface area (Å²) in [6.45, 7) is 3.59. The number of aliphatic hydroxyl groups is 1. The van der Waals surface area contributed by atoms with Crippen molar-refractivity contribution in [1.82, 2.24) is 0 Å². The molecule has 0 rings (SSSR count). The molecule has 6 nitrogen and oxygen atoms in total. The molecule has 0 aliphatic heterocycles. The third-order valence-electron chi connectivity index (χ3n) is 1.77. The lowest BCUT2D eigenvalue weighted by Gasteiger charge is -2.23. The van der Waals surface area contributed by atoms with E-state index in [-0.39, 0.29) is 38.2 Å². The second-order valence-electron chi connectivity index (χ2n) is 3.76. The second kappa shape index (κ2) is 11.3. The van der Waals surface area contributed by atoms with Crippen LogP contribution in [0.1, 0.15) is 13.8 Å². The Balaban J connectivity index is 4.28. The summed E-state index contributed by atoms with van der Waals surface area (Å²) < 4.78 is 32.7. The van der Waals surface area contributed by atoms with Crippen molar-refractivity contribution < 1.29 is 28.0 Å². The quantitative estimate of drug-likeness (QED) is 0.334. The molecule has 0 saturated carbocycles. The van der Waals surface area contributed by atoms with Crippen LogP contribution in [0.5, 0.6) is 0 Å². The zero-order chi connectivity index (χ0) is 14.7. The van der Waals surface area contributed by atoms with Crippen LogP contribution in [0, 0.1) is 0 Å². The van der Waals surface area contributed by atoms with E-state index < -0.39 is 20.0 Å². The second-order valence-corrected chi connectivity index (χ2v) is 5.95. The van der Waals surface area contributed by atoms with Crippen LogP contribution in [0.2, 0.25) is 0 Å². The van der Waals surface area contributed by atoms with Crippen LogP contribution in [0.25, 0.3) is 0 Å². The van der Waals surface area contributed by atoms with Gasteiger partial charge >= 0.3 is 7.82 Å². The molecular weight excluding hydrogens is 318 g/mol. The number of phosphoric ester groups is 1. The van der Waals surface area contributed by atoms with Crippen LogP contribution in [0.3, 0.4) is 0 Å². The minimum absolute atomic E-state index is 0.0152. The first-order valence-corrected chi connectivity index (χ1v) is 8.42. The SMILES string of the molecule is CC(CCl)OP(=O)(OCCOCCO)OC(C)CCl. The summed E-state index contributed by atoms with van der Waals surface area (Å²) in [5.74, 6) is 0.319. The fourth-order valence-corrected chi connectivity index (χ4v) is 2.76. The maximum atomic E-state index is 12.3. The number of rotatable bonds is 12. The lowest BCUT2D eigenvalue weighted by atomic mass is 10.5. The summed E-state index contributed by atoms with van der Waals surface area (Å²) in [6.07, 6.45) is -0.957. The van der Waals surface area contributed by atoms with Crippen molar-refractivity contribution in [2.24, 2.45) is 0 Å². The van der Waals surface area contributed by atoms with Crippen molar-refractivity contribution in [1.29, 1.82) is 0 Å². The summed E-state index contributed by atoms with van der Waals surface area (Å²) in [7, 11) is -3.72. The molecule has 0 radical (unpaired) electrons. The van der Waals surface area contributed by atoms with Gasteiger partial charge in [0.05, 0.1) is 38.6 Å². The van der Waals surface area contributed by atoms with Gasteiger partial charge in [-0.15, -0.1) is 23.2 Å². The van der Waals surface area contributed by atoms with Crippen molar-refractivity contribution in [3.05, 3.63) is 0 Å². The molecule has 0 aliphatic carbocycles. The van der Waals surface area contributed by atoms with Gasteiger partial charge in [0, 0.05) is 11.8 Å². The Hall–Kier alpha value is 0.610. The molecule has 2 unspecified atom stereocenters. The molecule has 0 saturated heterocycles. The largest absolute Gasteiger partial charge is 0.475 e. The average Bonchev–Trinajstić information content (AvgIpc) is 2.38. The van der Waals surface area contributed by atoms with E-state index in [1.165, 1.54) is 0 Å². The molecule has 116 valence electrons. The van der Waals surface area contributed by atoms with E-state index in [4.69, 9.17) is 46.6 Å². The Morgan fingerprint density at radius 1 is 1.05 bits per heavy atom. The molecule has 1 N–H and O–H groups in total. The van der Waals surface area contributed by atoms with Gasteiger partial charge in [-0.05, 0) is 13.8 Å². The van der Waals surface area contributed by atoms with Gasteiger partial charge in [0.2, 0.25) is 0 Å². The van der Waals surface area contributed by atoms with E-state index in [2.05, 4.69) is 0 Å². The highest BCUT2D eigenvalue weighted by molar-refractivity contribution is 7.48. The summed E-state index contributed by atoms with van der Waals surface area (Å²) >= 11 is 11.2. The first kappa shape index (κ1) is 19.6. The molecule has 19 heavy (non-hydrogen) atoms. The molecular formula is C10H21Cl2O6P. The van der Waals surface area contributed by atoms with Crippen molar-refractivity contribution >= 4 is 31.0 Å². The zero-order valence-corrected chi connectivity index (χ0v) is 13.5. The maximum absolute atomic E-state index is 12.3. The van der Waals surface area contributed by atoms with Gasteiger partial charge in [0.15, 0.2) is 0 Å². The number of ether oxygens (including phenoxy) is 1. The molecule has 0 fully saturated rings. The summed E-state index contributed by atoms with van der Waals surface area (Å²) in [5.41, 5.74) is 0. The van der Waals surface area contributed by atoms with Crippen molar-refractivity contribution in [2.75, 3.05) is 38.2 Å². The van der Waals surface area contributed by atoms with Gasteiger partial charge in [-0.3, -0.25) is 13.6 Å². The molecule has 0 heterocycles. The minimum atomic E-state index is -3.72. The molecule has 0 spiro atoms. The highest BCUT2D eigenvalue weighted by Gasteiger charge is 2.31. The van der Waals surface area contributed by atoms with E-state index in [9.17, 15) is 4.57 Å². The van der Waals surface area contributed by atoms with Crippen LogP contribution in [-0.4, -0.2) is 55.5 Å². The summed E-state index contributed by atoms with van der Waals surface area (Å²) in [6, 6.07) is 0. The number of halogens is 2. The number of hydrogen-bond acceptors (Lipinski definition) is 6. The fraction of sp³-hybridized carbons (Fsp3) is 1.00. The van der Waals surface area contributed by atoms with E-state index in [0.29, 0.717) is 0 Å². The number of hydrogen-bond donors (Lipinski definition) is 1. The number of alkyl halides is 2. The molecule has 0 aromatic heterocycles. The minimum Gasteiger partial charge on any atom is -0.394 e. The van der Waals surface area contributed by atoms with Crippen molar-refractivity contribution in [2.45, 2.75) is 26.1 Å². The topological polar surface area (TPSA) is 74.2 Å². The maximum Gasteiger partial charge on any atom is 0.475 e. The molecule has 0 bridgehead atoms. The standard InChI is InChI=1S/C10H21Cl2O6P/c1-9(7-11)17-19(14,18-10(2)8-12)16-6-5-15-4-3-13/h9-10,13H,3-8H2,1-2H3. The van der Waals surface area contributed by atoms with Crippen LogP contribution < -0.4 is 0 Å². The van der Waals surface area contributed by atoms with Crippen LogP contribution in [0.4, 0.5) is 0 Å². The third-order valence-corrected chi connectivity index (χ3v) is 4.37. The molecule has 0 amide bonds. The van der Waals surface area contributed by atoms with Gasteiger partial charge < -0.3 is 9.84 Å². The molecule has 0 aliphatic rings. The Morgan fingerprint density at radius 3 is 2.00 bits per heavy atom. The molecule has 2 atom stereocenters. The van der Waals surface area contributed by atoms with Gasteiger partial charge in [0.25, 0.3) is 0 Å². The van der Waals surface area contributed by atoms with E-state index in [0.717, 1.165) is 0 Å². The lowest BCUT2D eigenvalue weighted by Crippen LogP contribution is -2.17. The van der Waals surface area contributed by atoms with Crippen LogP contribution in [0.15, 0.2) is 0 Å². The predicted molar refractivity (Wildman–Crippen MR) is 74.0 cm³/mol. The highest BCUT2D eigenvalue weighted by Crippen LogP contribution is 2.51. The first-order valence-electron chi connectivity index (χ1n) is 5.89. The van der Waals surface area contributed by atoms with E-state index in [1.54, 1.807) is 13.8 Å². The summed E-state index contributed by atoms with van der Waals surface area (Å²) in [4.78, 5) is 0. The van der Waals surface area contributed by atoms with Crippen LogP contribution in [-0.2, 0) is 22.9 Å². The Bertz CT molecular complexity index is 252. The average molecular weight is 339 g/mol. The third kappa shape index (κ3) is 10.0. The van der Waals surface area contributed by atoms with Crippen molar-refractivity contribution in [3.8, 4) is 0 Å². The van der Waals surface area contributed by atoms with E-state index >= 15 is 0 Å². The smallest absolute Gasteiger partial charge is 0.394 e. The Kier molecular flexibility index (Phi) is 11.7. The summed E-state index contributed by atoms with van der Waals surface area (Å²) in [5, 5.41) is 8.53. The molecule has 0 aromatic carbocycles. The Labute approximate surface area is 123 Å². The first-order chi connectivity index (χ1) is 8.97. The van der Waals surface area contributed by atoms with Crippen LogP contribution >= 0.6 is 31.0 Å². The number of aliphatic hydroxyl groups excluding tert-OH is 1. The van der Waals surface area contributed by atoms with Gasteiger partial charge in [-0.1, -0.05) is 0 Å². The zero-order valence-electron chi connectivity index (χ0n) is 11.1. The predicted octanol–water partition coefficient (Wildman–Crippen LogP) is 2.41. The molecule has 9 heteroatoms. The monoisotopic (exact) mass is 338 g/mol. The van der Waals surface area contributed by atoms with E-state index in [1.807, 2.05) is 0 Å². The lowest BCUT2D eigenvalue weighted by molar-refractivity contribution is 0.0367. The van der Waals surface area contributed by atoms with Gasteiger partial charge in [-0.2, -0.15) is 0 Å². The molecule has 0 aromatic rings. The van der Waals surface area contributed by atoms with Crippen molar-refractivity contribution in [3.63, 3.8) is 0 Å². The normalized spacial score (nSPS) is 17.9. The Morgan fingerprint density at radius 2 is 1.58 bits per heavy atom. The van der Waals surface area contributed by atoms with Gasteiger partial charge in [0.1, 0.15) is 0 Å². The highest BCUT2D eigenvalue weighted by atomic mass is 35.5. The van der Waals surface area contributed by atoms with Gasteiger partial charge in [-0.25, -0.2) is 4.57 Å². The number of phosphoric acid groups is 1.